The molecule has 1 N–H and O–H groups in total. The Kier molecular flexibility index (Phi) is 3.67. The molecule has 0 amide bonds. The zero-order valence-electron chi connectivity index (χ0n) is 10.6. The van der Waals surface area contributed by atoms with Gasteiger partial charge < -0.3 is 5.11 Å². The molecule has 3 rings (SSSR count). The first-order chi connectivity index (χ1) is 9.24. The van der Waals surface area contributed by atoms with Crippen LogP contribution in [0.25, 0.3) is 0 Å². The van der Waals surface area contributed by atoms with E-state index in [4.69, 9.17) is 0 Å². The molecule has 3 heteroatoms. The number of halogens is 1. The molecule has 1 atom stereocenters. The Morgan fingerprint density at radius 1 is 1.26 bits per heavy atom. The predicted molar refractivity (Wildman–Crippen MR) is 79.0 cm³/mol. The molecule has 0 bridgehead atoms. The molecule has 2 nitrogen and oxygen atoms in total. The predicted octanol–water partition coefficient (Wildman–Crippen LogP) is 4.00. The lowest BCUT2D eigenvalue weighted by atomic mass is 9.95. The van der Waals surface area contributed by atoms with E-state index in [-0.39, 0.29) is 0 Å². The summed E-state index contributed by atoms with van der Waals surface area (Å²) in [5.41, 5.74) is 3.44. The standard InChI is InChI=1S/C16H16BrNO/c17-13-7-11(9-18-10-13)8-16(19)15-4-2-1-3-14(15)12-5-6-12/h1-4,7,9-10,12,16,19H,5-6,8H2. The van der Waals surface area contributed by atoms with Gasteiger partial charge in [0, 0.05) is 23.3 Å². The normalized spacial score (nSPS) is 16.3. The highest BCUT2D eigenvalue weighted by molar-refractivity contribution is 9.10. The second-order valence-electron chi connectivity index (χ2n) is 5.13. The lowest BCUT2D eigenvalue weighted by Gasteiger charge is -2.15. The van der Waals surface area contributed by atoms with E-state index in [1.54, 1.807) is 6.20 Å². The fourth-order valence-electron chi connectivity index (χ4n) is 2.48. The SMILES string of the molecule is OC(Cc1cncc(Br)c1)c1ccccc1C1CC1. The van der Waals surface area contributed by atoms with Gasteiger partial charge in [0.25, 0.3) is 0 Å². The zero-order chi connectivity index (χ0) is 13.2. The topological polar surface area (TPSA) is 33.1 Å². The third-order valence-electron chi connectivity index (χ3n) is 3.56. The molecular formula is C16H16BrNO. The van der Waals surface area contributed by atoms with Gasteiger partial charge in [-0.3, -0.25) is 4.98 Å². The van der Waals surface area contributed by atoms with Crippen LogP contribution in [0.4, 0.5) is 0 Å². The van der Waals surface area contributed by atoms with E-state index in [0.29, 0.717) is 12.3 Å². The van der Waals surface area contributed by atoms with E-state index in [1.165, 1.54) is 18.4 Å². The monoisotopic (exact) mass is 317 g/mol. The molecular weight excluding hydrogens is 302 g/mol. The van der Waals surface area contributed by atoms with Gasteiger partial charge in [-0.15, -0.1) is 0 Å². The molecule has 0 aliphatic heterocycles. The van der Waals surface area contributed by atoms with Crippen molar-refractivity contribution < 1.29 is 5.11 Å². The molecule has 0 spiro atoms. The molecule has 1 fully saturated rings. The Labute approximate surface area is 121 Å². The number of aromatic nitrogens is 1. The summed E-state index contributed by atoms with van der Waals surface area (Å²) in [6.07, 6.45) is 6.23. The number of benzene rings is 1. The van der Waals surface area contributed by atoms with Gasteiger partial charge in [0.15, 0.2) is 0 Å². The number of aliphatic hydroxyl groups is 1. The highest BCUT2D eigenvalue weighted by Crippen LogP contribution is 2.43. The van der Waals surface area contributed by atoms with Gasteiger partial charge in [0.2, 0.25) is 0 Å². The molecule has 0 saturated heterocycles. The molecule has 1 aromatic heterocycles. The summed E-state index contributed by atoms with van der Waals surface area (Å²) < 4.78 is 0.952. The fraction of sp³-hybridized carbons (Fsp3) is 0.312. The minimum absolute atomic E-state index is 0.451. The van der Waals surface area contributed by atoms with Gasteiger partial charge in [0.05, 0.1) is 6.10 Å². The highest BCUT2D eigenvalue weighted by Gasteiger charge is 2.27. The van der Waals surface area contributed by atoms with Crippen LogP contribution in [0.5, 0.6) is 0 Å². The first-order valence-corrected chi connectivity index (χ1v) is 7.39. The van der Waals surface area contributed by atoms with Gasteiger partial charge >= 0.3 is 0 Å². The fourth-order valence-corrected chi connectivity index (χ4v) is 2.89. The minimum atomic E-state index is -0.451. The van der Waals surface area contributed by atoms with E-state index in [0.717, 1.165) is 15.6 Å². The van der Waals surface area contributed by atoms with Crippen molar-refractivity contribution in [2.24, 2.45) is 0 Å². The first-order valence-electron chi connectivity index (χ1n) is 6.60. The van der Waals surface area contributed by atoms with Crippen LogP contribution in [0.1, 0.15) is 41.6 Å². The van der Waals surface area contributed by atoms with Gasteiger partial charge in [0.1, 0.15) is 0 Å². The second kappa shape index (κ2) is 5.43. The molecule has 0 radical (unpaired) electrons. The van der Waals surface area contributed by atoms with Crippen LogP contribution in [-0.2, 0) is 6.42 Å². The Bertz CT molecular complexity index is 580. The third-order valence-corrected chi connectivity index (χ3v) is 4.00. The quantitative estimate of drug-likeness (QED) is 0.924. The molecule has 2 aromatic rings. The van der Waals surface area contributed by atoms with Gasteiger partial charge in [-0.05, 0) is 57.4 Å². The van der Waals surface area contributed by atoms with Gasteiger partial charge in [-0.1, -0.05) is 24.3 Å². The molecule has 98 valence electrons. The summed E-state index contributed by atoms with van der Waals surface area (Å²) in [4.78, 5) is 4.14. The molecule has 1 aromatic carbocycles. The van der Waals surface area contributed by atoms with Crippen molar-refractivity contribution in [1.82, 2.24) is 4.98 Å². The summed E-state index contributed by atoms with van der Waals surface area (Å²) >= 11 is 3.41. The third kappa shape index (κ3) is 3.04. The summed E-state index contributed by atoms with van der Waals surface area (Å²) in [7, 11) is 0. The lowest BCUT2D eigenvalue weighted by molar-refractivity contribution is 0.177. The van der Waals surface area contributed by atoms with Gasteiger partial charge in [-0.25, -0.2) is 0 Å². The molecule has 1 unspecified atom stereocenters. The van der Waals surface area contributed by atoms with Crippen LogP contribution in [0.3, 0.4) is 0 Å². The van der Waals surface area contributed by atoms with Crippen molar-refractivity contribution >= 4 is 15.9 Å². The second-order valence-corrected chi connectivity index (χ2v) is 6.05. The summed E-state index contributed by atoms with van der Waals surface area (Å²) in [5.74, 6) is 0.659. The maximum atomic E-state index is 10.5. The van der Waals surface area contributed by atoms with Crippen molar-refractivity contribution in [3.63, 3.8) is 0 Å². The lowest BCUT2D eigenvalue weighted by Crippen LogP contribution is -2.05. The molecule has 1 saturated carbocycles. The summed E-state index contributed by atoms with van der Waals surface area (Å²) in [5, 5.41) is 10.5. The maximum absolute atomic E-state index is 10.5. The Morgan fingerprint density at radius 2 is 2.05 bits per heavy atom. The van der Waals surface area contributed by atoms with Crippen LogP contribution in [-0.4, -0.2) is 10.1 Å². The highest BCUT2D eigenvalue weighted by atomic mass is 79.9. The summed E-state index contributed by atoms with van der Waals surface area (Å²) in [6, 6.07) is 10.3. The number of hydrogen-bond donors (Lipinski definition) is 1. The van der Waals surface area contributed by atoms with Crippen LogP contribution >= 0.6 is 15.9 Å². The Hall–Kier alpha value is -1.19. The molecule has 19 heavy (non-hydrogen) atoms. The molecule has 1 aliphatic carbocycles. The summed E-state index contributed by atoms with van der Waals surface area (Å²) in [6.45, 7) is 0. The zero-order valence-corrected chi connectivity index (χ0v) is 12.2. The van der Waals surface area contributed by atoms with E-state index in [1.807, 2.05) is 24.4 Å². The first kappa shape index (κ1) is 12.8. The van der Waals surface area contributed by atoms with Crippen LogP contribution < -0.4 is 0 Å². The van der Waals surface area contributed by atoms with Gasteiger partial charge in [-0.2, -0.15) is 0 Å². The number of nitrogens with zero attached hydrogens (tertiary/aromatic N) is 1. The largest absolute Gasteiger partial charge is 0.388 e. The van der Waals surface area contributed by atoms with E-state index >= 15 is 0 Å². The van der Waals surface area contributed by atoms with Crippen LogP contribution in [0.15, 0.2) is 47.2 Å². The minimum Gasteiger partial charge on any atom is -0.388 e. The number of hydrogen-bond acceptors (Lipinski definition) is 2. The molecule has 1 aliphatic rings. The average Bonchev–Trinajstić information content (AvgIpc) is 3.23. The van der Waals surface area contributed by atoms with E-state index in [9.17, 15) is 5.11 Å². The van der Waals surface area contributed by atoms with E-state index in [2.05, 4.69) is 33.0 Å². The van der Waals surface area contributed by atoms with Crippen LogP contribution in [0, 0.1) is 0 Å². The number of rotatable bonds is 4. The maximum Gasteiger partial charge on any atom is 0.0833 e. The van der Waals surface area contributed by atoms with Crippen molar-refractivity contribution in [2.75, 3.05) is 0 Å². The van der Waals surface area contributed by atoms with Crippen LogP contribution in [0.2, 0.25) is 0 Å². The van der Waals surface area contributed by atoms with E-state index < -0.39 is 6.10 Å². The molecule has 1 heterocycles. The smallest absolute Gasteiger partial charge is 0.0833 e. The Morgan fingerprint density at radius 3 is 2.79 bits per heavy atom. The Balaban J connectivity index is 1.82. The van der Waals surface area contributed by atoms with Crippen molar-refractivity contribution in [2.45, 2.75) is 31.3 Å². The number of aliphatic hydroxyl groups excluding tert-OH is 1. The number of pyridine rings is 1. The van der Waals surface area contributed by atoms with Crippen molar-refractivity contribution in [3.05, 3.63) is 63.9 Å². The van der Waals surface area contributed by atoms with Crippen molar-refractivity contribution in [3.8, 4) is 0 Å². The van der Waals surface area contributed by atoms with Crippen molar-refractivity contribution in [1.29, 1.82) is 0 Å². The average molecular weight is 318 g/mol.